The maximum Gasteiger partial charge on any atom is 0.171 e. The predicted molar refractivity (Wildman–Crippen MR) is 68.5 cm³/mol. The zero-order chi connectivity index (χ0) is 12.1. The average Bonchev–Trinajstić information content (AvgIpc) is 2.37. The molecule has 4 nitrogen and oxygen atoms in total. The summed E-state index contributed by atoms with van der Waals surface area (Å²) < 4.78 is 5.49. The van der Waals surface area contributed by atoms with Crippen molar-refractivity contribution in [1.82, 2.24) is 9.97 Å². The smallest absolute Gasteiger partial charge is 0.171 e. The number of rotatable bonds is 4. The summed E-state index contributed by atoms with van der Waals surface area (Å²) in [5.41, 5.74) is 0. The molecule has 1 atom stereocenters. The molecule has 1 saturated heterocycles. The molecule has 2 heterocycles. The Labute approximate surface area is 107 Å². The first-order chi connectivity index (χ1) is 8.31. The van der Waals surface area contributed by atoms with Crippen molar-refractivity contribution in [2.24, 2.45) is 5.92 Å². The van der Waals surface area contributed by atoms with Crippen molar-refractivity contribution in [2.45, 2.75) is 19.8 Å². The predicted octanol–water partition coefficient (Wildman–Crippen LogP) is 2.38. The fraction of sp³-hybridized carbons (Fsp3) is 0.667. The summed E-state index contributed by atoms with van der Waals surface area (Å²) in [5.74, 6) is 1.37. The lowest BCUT2D eigenvalue weighted by Gasteiger charge is -2.33. The van der Waals surface area contributed by atoms with Crippen molar-refractivity contribution < 1.29 is 4.74 Å². The zero-order valence-corrected chi connectivity index (χ0v) is 10.9. The van der Waals surface area contributed by atoms with E-state index in [1.54, 1.807) is 12.4 Å². The van der Waals surface area contributed by atoms with Crippen molar-refractivity contribution in [1.29, 1.82) is 0 Å². The molecule has 0 aromatic carbocycles. The van der Waals surface area contributed by atoms with Crippen LogP contribution in [0.1, 0.15) is 19.8 Å². The van der Waals surface area contributed by atoms with E-state index >= 15 is 0 Å². The first kappa shape index (κ1) is 12.6. The fourth-order valence-electron chi connectivity index (χ4n) is 2.20. The van der Waals surface area contributed by atoms with Crippen LogP contribution < -0.4 is 4.90 Å². The lowest BCUT2D eigenvalue weighted by atomic mass is 9.99. The number of aromatic nitrogens is 2. The minimum Gasteiger partial charge on any atom is -0.381 e. The molecule has 1 unspecified atom stereocenters. The van der Waals surface area contributed by atoms with Crippen LogP contribution >= 0.6 is 11.6 Å². The van der Waals surface area contributed by atoms with Crippen molar-refractivity contribution >= 4 is 17.4 Å². The standard InChI is InChI=1S/C12H18ClN3O/c1-2-17-9-10-4-3-7-16(8-10)12-11(13)14-5-6-15-12/h5-6,10H,2-4,7-9H2,1H3. The van der Waals surface area contributed by atoms with Crippen molar-refractivity contribution in [3.63, 3.8) is 0 Å². The molecule has 0 aliphatic carbocycles. The molecule has 1 aliphatic heterocycles. The Balaban J connectivity index is 1.99. The summed E-state index contributed by atoms with van der Waals surface area (Å²) in [4.78, 5) is 10.6. The number of piperidine rings is 1. The highest BCUT2D eigenvalue weighted by Gasteiger charge is 2.22. The first-order valence-electron chi connectivity index (χ1n) is 6.10. The topological polar surface area (TPSA) is 38.2 Å². The summed E-state index contributed by atoms with van der Waals surface area (Å²) in [6.07, 6.45) is 5.68. The van der Waals surface area contributed by atoms with Gasteiger partial charge in [0.25, 0.3) is 0 Å². The van der Waals surface area contributed by atoms with Gasteiger partial charge in [-0.1, -0.05) is 11.6 Å². The van der Waals surface area contributed by atoms with E-state index in [9.17, 15) is 0 Å². The lowest BCUT2D eigenvalue weighted by Crippen LogP contribution is -2.38. The molecule has 0 N–H and O–H groups in total. The minimum absolute atomic E-state index is 0.490. The largest absolute Gasteiger partial charge is 0.381 e. The van der Waals surface area contributed by atoms with Crippen LogP contribution in [0.5, 0.6) is 0 Å². The molecule has 0 spiro atoms. The van der Waals surface area contributed by atoms with Gasteiger partial charge in [-0.3, -0.25) is 0 Å². The molecule has 1 aromatic rings. The van der Waals surface area contributed by atoms with Gasteiger partial charge in [0.15, 0.2) is 11.0 Å². The Morgan fingerprint density at radius 1 is 1.47 bits per heavy atom. The number of anilines is 1. The Bertz CT molecular complexity index is 361. The van der Waals surface area contributed by atoms with E-state index in [0.29, 0.717) is 11.1 Å². The van der Waals surface area contributed by atoms with Gasteiger partial charge in [0, 0.05) is 32.1 Å². The van der Waals surface area contributed by atoms with Crippen molar-refractivity contribution in [3.05, 3.63) is 17.5 Å². The van der Waals surface area contributed by atoms with E-state index in [1.165, 1.54) is 6.42 Å². The van der Waals surface area contributed by atoms with Gasteiger partial charge in [0.05, 0.1) is 6.61 Å². The Kier molecular flexibility index (Phi) is 4.57. The molecule has 5 heteroatoms. The van der Waals surface area contributed by atoms with E-state index in [0.717, 1.165) is 38.5 Å². The monoisotopic (exact) mass is 255 g/mol. The maximum atomic E-state index is 6.06. The Morgan fingerprint density at radius 2 is 2.29 bits per heavy atom. The van der Waals surface area contributed by atoms with Gasteiger partial charge in [-0.2, -0.15) is 0 Å². The average molecular weight is 256 g/mol. The fourth-order valence-corrected chi connectivity index (χ4v) is 2.43. The van der Waals surface area contributed by atoms with Gasteiger partial charge in [-0.05, 0) is 25.7 Å². The Hall–Kier alpha value is -0.870. The third kappa shape index (κ3) is 3.30. The lowest BCUT2D eigenvalue weighted by molar-refractivity contribution is 0.104. The highest BCUT2D eigenvalue weighted by Crippen LogP contribution is 2.25. The molecule has 0 saturated carbocycles. The second kappa shape index (κ2) is 6.17. The Morgan fingerprint density at radius 3 is 3.06 bits per heavy atom. The highest BCUT2D eigenvalue weighted by atomic mass is 35.5. The van der Waals surface area contributed by atoms with E-state index in [1.807, 2.05) is 6.92 Å². The van der Waals surface area contributed by atoms with Crippen molar-refractivity contribution in [2.75, 3.05) is 31.2 Å². The summed E-state index contributed by atoms with van der Waals surface area (Å²) in [5, 5.41) is 0.490. The zero-order valence-electron chi connectivity index (χ0n) is 10.1. The summed E-state index contributed by atoms with van der Waals surface area (Å²) in [6, 6.07) is 0. The number of halogens is 1. The van der Waals surface area contributed by atoms with Gasteiger partial charge in [0.1, 0.15) is 0 Å². The SMILES string of the molecule is CCOCC1CCCN(c2nccnc2Cl)C1. The molecule has 0 bridgehead atoms. The second-order valence-electron chi connectivity index (χ2n) is 4.28. The van der Waals surface area contributed by atoms with Crippen LogP contribution in [0.2, 0.25) is 5.15 Å². The van der Waals surface area contributed by atoms with E-state index in [-0.39, 0.29) is 0 Å². The van der Waals surface area contributed by atoms with Crippen LogP contribution in [-0.4, -0.2) is 36.3 Å². The van der Waals surface area contributed by atoms with E-state index < -0.39 is 0 Å². The quantitative estimate of drug-likeness (QED) is 0.828. The van der Waals surface area contributed by atoms with Crippen LogP contribution in [0, 0.1) is 5.92 Å². The first-order valence-corrected chi connectivity index (χ1v) is 6.48. The van der Waals surface area contributed by atoms with Crippen molar-refractivity contribution in [3.8, 4) is 0 Å². The molecule has 17 heavy (non-hydrogen) atoms. The molecule has 2 rings (SSSR count). The normalized spacial score (nSPS) is 20.6. The second-order valence-corrected chi connectivity index (χ2v) is 4.64. The summed E-state index contributed by atoms with van der Waals surface area (Å²) >= 11 is 6.06. The third-order valence-electron chi connectivity index (χ3n) is 3.01. The van der Waals surface area contributed by atoms with Gasteiger partial charge < -0.3 is 9.64 Å². The number of nitrogens with zero attached hydrogens (tertiary/aromatic N) is 3. The van der Waals surface area contributed by atoms with E-state index in [4.69, 9.17) is 16.3 Å². The number of hydrogen-bond donors (Lipinski definition) is 0. The highest BCUT2D eigenvalue weighted by molar-refractivity contribution is 6.31. The molecular weight excluding hydrogens is 238 g/mol. The molecule has 1 aromatic heterocycles. The number of ether oxygens (including phenoxy) is 1. The molecule has 0 amide bonds. The van der Waals surface area contributed by atoms with Crippen LogP contribution in [-0.2, 0) is 4.74 Å². The molecule has 1 aliphatic rings. The summed E-state index contributed by atoms with van der Waals surface area (Å²) in [7, 11) is 0. The minimum atomic E-state index is 0.490. The molecule has 0 radical (unpaired) electrons. The van der Waals surface area contributed by atoms with Gasteiger partial charge in [-0.15, -0.1) is 0 Å². The third-order valence-corrected chi connectivity index (χ3v) is 3.28. The van der Waals surface area contributed by atoms with Crippen LogP contribution in [0.25, 0.3) is 0 Å². The molecule has 1 fully saturated rings. The van der Waals surface area contributed by atoms with Crippen LogP contribution in [0.4, 0.5) is 5.82 Å². The number of hydrogen-bond acceptors (Lipinski definition) is 4. The van der Waals surface area contributed by atoms with Gasteiger partial charge in [-0.25, -0.2) is 9.97 Å². The van der Waals surface area contributed by atoms with Crippen LogP contribution in [0.15, 0.2) is 12.4 Å². The van der Waals surface area contributed by atoms with Gasteiger partial charge >= 0.3 is 0 Å². The van der Waals surface area contributed by atoms with Crippen LogP contribution in [0.3, 0.4) is 0 Å². The van der Waals surface area contributed by atoms with E-state index in [2.05, 4.69) is 14.9 Å². The summed E-state index contributed by atoms with van der Waals surface area (Å²) in [6.45, 7) is 5.59. The maximum absolute atomic E-state index is 6.06. The molecule has 94 valence electrons. The molecular formula is C12H18ClN3O. The van der Waals surface area contributed by atoms with Gasteiger partial charge in [0.2, 0.25) is 0 Å².